The lowest BCUT2D eigenvalue weighted by molar-refractivity contribution is -0.160. The van der Waals surface area contributed by atoms with E-state index in [9.17, 15) is 4.79 Å². The summed E-state index contributed by atoms with van der Waals surface area (Å²) in [6, 6.07) is 7.19. The fourth-order valence-electron chi connectivity index (χ4n) is 2.57. The molecule has 3 saturated heterocycles. The van der Waals surface area contributed by atoms with Crippen LogP contribution in [0.15, 0.2) is 29.6 Å². The van der Waals surface area contributed by atoms with Gasteiger partial charge in [0, 0.05) is 42.0 Å². The Morgan fingerprint density at radius 3 is 2.89 bits per heavy atom. The number of hydrogen-bond donors (Lipinski definition) is 0. The highest BCUT2D eigenvalue weighted by atomic mass is 32.1. The molecule has 3 aliphatic heterocycles. The van der Waals surface area contributed by atoms with E-state index in [1.807, 2.05) is 19.1 Å². The highest BCUT2D eigenvalue weighted by molar-refractivity contribution is 7.13. The minimum atomic E-state index is -4.02. The summed E-state index contributed by atoms with van der Waals surface area (Å²) in [6.07, 6.45) is -12.6. The third-order valence-electron chi connectivity index (χ3n) is 4.11. The minimum Gasteiger partial charge on any atom is -0.461 e. The van der Waals surface area contributed by atoms with Gasteiger partial charge >= 0.3 is 5.97 Å². The van der Waals surface area contributed by atoms with Crippen molar-refractivity contribution in [1.82, 2.24) is 9.88 Å². The summed E-state index contributed by atoms with van der Waals surface area (Å²) in [6.45, 7) is -11.1. The second-order valence-electron chi connectivity index (χ2n) is 6.51. The van der Waals surface area contributed by atoms with Gasteiger partial charge in [-0.05, 0) is 38.6 Å². The molecule has 0 N–H and O–H groups in total. The second-order valence-corrected chi connectivity index (χ2v) is 7.37. The number of thiazole rings is 1. The van der Waals surface area contributed by atoms with E-state index in [0.29, 0.717) is 10.6 Å². The summed E-state index contributed by atoms with van der Waals surface area (Å²) in [4.78, 5) is 17.3. The predicted molar refractivity (Wildman–Crippen MR) is 109 cm³/mol. The number of carbonyl (C=O) groups excluding carboxylic acids is 1. The van der Waals surface area contributed by atoms with Crippen LogP contribution in [-0.4, -0.2) is 41.4 Å². The Labute approximate surface area is 186 Å². The number of aryl methyl sites for hydroxylation is 1. The molecule has 2 bridgehead atoms. The van der Waals surface area contributed by atoms with Crippen LogP contribution in [0.1, 0.15) is 64.8 Å². The first-order valence-electron chi connectivity index (χ1n) is 15.7. The molecule has 2 aromatic rings. The highest BCUT2D eigenvalue weighted by Crippen LogP contribution is 2.34. The Bertz CT molecular complexity index is 1380. The molecule has 1 aromatic heterocycles. The quantitative estimate of drug-likeness (QED) is 0.698. The van der Waals surface area contributed by atoms with E-state index < -0.39 is 73.8 Å². The lowest BCUT2D eigenvalue weighted by Crippen LogP contribution is -2.52. The maximum absolute atomic E-state index is 13.4. The number of piperidine rings is 3. The van der Waals surface area contributed by atoms with Crippen LogP contribution in [0.3, 0.4) is 0 Å². The van der Waals surface area contributed by atoms with Crippen molar-refractivity contribution < 1.29 is 30.1 Å². The fraction of sp³-hybridized carbons (Fsp3) is 0.545. The SMILES string of the molecule is [2H]C([2H])([2H])C(C)(CC(=O)O[C@]1([2H])C([2H])([2H])N2C([2H])([2H])C([2H])([2H])C1([2H])C([2H])([2H])C2([2H])[2H])c1csc(-c2ccc(C)cc2)n1. The molecule has 4 heterocycles. The standard InChI is InChI=1S/C22H28N2O2S/c1-15-4-6-17(7-5-15)21-23-19(14-27-21)22(2,3)12-20(25)26-18-13-24-10-8-16(18)9-11-24/h4-7,14,16,18H,8-13H2,1-3H3/t18-/m1/s1/i2D3,8D2,9D2,10D2,11D2,13D2,16D,18D/t18-,22?. The van der Waals surface area contributed by atoms with Crippen molar-refractivity contribution in [2.24, 2.45) is 5.89 Å². The third-order valence-corrected chi connectivity index (χ3v) is 5.00. The van der Waals surface area contributed by atoms with E-state index in [1.54, 1.807) is 12.1 Å². The van der Waals surface area contributed by atoms with E-state index >= 15 is 0 Å². The van der Waals surface area contributed by atoms with Crippen molar-refractivity contribution in [3.05, 3.63) is 40.9 Å². The minimum absolute atomic E-state index is 0.0742. The van der Waals surface area contributed by atoms with E-state index in [-0.39, 0.29) is 5.69 Å². The van der Waals surface area contributed by atoms with E-state index in [2.05, 4.69) is 4.98 Å². The Morgan fingerprint density at radius 1 is 1.44 bits per heavy atom. The van der Waals surface area contributed by atoms with Crippen LogP contribution in [0.2, 0.25) is 0 Å². The number of hydrogen-bond acceptors (Lipinski definition) is 5. The molecule has 4 nitrogen and oxygen atoms in total. The zero-order valence-electron chi connectivity index (χ0n) is 29.7. The molecule has 0 spiro atoms. The summed E-state index contributed by atoms with van der Waals surface area (Å²) in [5.74, 6) is -5.66. The van der Waals surface area contributed by atoms with Gasteiger partial charge in [-0.25, -0.2) is 4.98 Å². The molecule has 0 radical (unpaired) electrons. The van der Waals surface area contributed by atoms with Gasteiger partial charge < -0.3 is 4.74 Å². The van der Waals surface area contributed by atoms with Crippen LogP contribution < -0.4 is 0 Å². The molecule has 144 valence electrons. The van der Waals surface area contributed by atoms with Gasteiger partial charge in [0.2, 0.25) is 0 Å². The molecule has 1 unspecified atom stereocenters. The maximum atomic E-state index is 13.4. The number of rotatable bonds is 5. The van der Waals surface area contributed by atoms with Crippen molar-refractivity contribution in [2.75, 3.05) is 19.5 Å². The smallest absolute Gasteiger partial charge is 0.307 e. The summed E-state index contributed by atoms with van der Waals surface area (Å²) >= 11 is 1.09. The number of benzene rings is 1. The van der Waals surface area contributed by atoms with Crippen LogP contribution in [0, 0.1) is 12.8 Å². The van der Waals surface area contributed by atoms with E-state index in [0.717, 1.165) is 23.8 Å². The number of ether oxygens (including phenoxy) is 1. The van der Waals surface area contributed by atoms with Gasteiger partial charge in [0.05, 0.1) is 13.5 Å². The first-order chi connectivity index (χ1) is 18.7. The zero-order chi connectivity index (χ0) is 32.3. The largest absolute Gasteiger partial charge is 0.461 e. The molecule has 3 aliphatic rings. The Hall–Kier alpha value is -1.72. The summed E-state index contributed by atoms with van der Waals surface area (Å²) in [7, 11) is 0. The van der Waals surface area contributed by atoms with Gasteiger partial charge in [0.15, 0.2) is 0 Å². The first-order valence-corrected chi connectivity index (χ1v) is 9.12. The topological polar surface area (TPSA) is 42.4 Å². The molecule has 3 fully saturated rings. The van der Waals surface area contributed by atoms with Crippen LogP contribution in [0.4, 0.5) is 0 Å². The molecule has 1 aromatic carbocycles. The number of nitrogens with zero attached hydrogens (tertiary/aromatic N) is 2. The van der Waals surface area contributed by atoms with Crippen molar-refractivity contribution in [3.63, 3.8) is 0 Å². The molecule has 2 atom stereocenters. The molecule has 0 saturated carbocycles. The van der Waals surface area contributed by atoms with Crippen molar-refractivity contribution in [2.45, 2.75) is 51.4 Å². The van der Waals surface area contributed by atoms with Crippen molar-refractivity contribution >= 4 is 17.3 Å². The van der Waals surface area contributed by atoms with Gasteiger partial charge in [-0.1, -0.05) is 43.6 Å². The average Bonchev–Trinajstić information content (AvgIpc) is 3.31. The number of carbonyl (C=O) groups is 1. The van der Waals surface area contributed by atoms with Gasteiger partial charge in [-0.3, -0.25) is 9.69 Å². The molecule has 5 rings (SSSR count). The second kappa shape index (κ2) is 7.36. The van der Waals surface area contributed by atoms with Crippen molar-refractivity contribution in [1.29, 1.82) is 0 Å². The number of fused-ring (bicyclic) bond motifs is 3. The molecule has 0 amide bonds. The molecular formula is C22H28N2O2S. The number of aromatic nitrogens is 1. The Kier molecular flexibility index (Phi) is 2.17. The van der Waals surface area contributed by atoms with E-state index in [4.69, 9.17) is 25.3 Å². The lowest BCUT2D eigenvalue weighted by atomic mass is 9.85. The summed E-state index contributed by atoms with van der Waals surface area (Å²) < 4.78 is 130. The molecule has 27 heavy (non-hydrogen) atoms. The number of esters is 1. The Balaban J connectivity index is 1.78. The van der Waals surface area contributed by atoms with Crippen LogP contribution in [0.25, 0.3) is 10.6 Å². The summed E-state index contributed by atoms with van der Waals surface area (Å²) in [5.41, 5.74) is -0.543. The van der Waals surface area contributed by atoms with Crippen LogP contribution >= 0.6 is 11.3 Å². The highest BCUT2D eigenvalue weighted by Gasteiger charge is 2.37. The summed E-state index contributed by atoms with van der Waals surface area (Å²) in [5, 5.41) is 1.83. The first kappa shape index (κ1) is 7.96. The van der Waals surface area contributed by atoms with Crippen molar-refractivity contribution in [3.8, 4) is 10.6 Å². The van der Waals surface area contributed by atoms with Gasteiger partial charge in [-0.2, -0.15) is 0 Å². The maximum Gasteiger partial charge on any atom is 0.307 e. The zero-order valence-corrected chi connectivity index (χ0v) is 15.5. The molecule has 5 heteroatoms. The normalized spacial score (nSPS) is 50.0. The third kappa shape index (κ3) is 4.09. The van der Waals surface area contributed by atoms with E-state index in [1.165, 1.54) is 5.38 Å². The monoisotopic (exact) mass is 399 g/mol. The molecule has 0 aliphatic carbocycles. The van der Waals surface area contributed by atoms with Gasteiger partial charge in [-0.15, -0.1) is 11.3 Å². The molecular weight excluding hydrogens is 356 g/mol. The predicted octanol–water partition coefficient (Wildman–Crippen LogP) is 4.42. The van der Waals surface area contributed by atoms with Gasteiger partial charge in [0.1, 0.15) is 11.1 Å². The average molecular weight is 400 g/mol. The van der Waals surface area contributed by atoms with Crippen LogP contribution in [-0.2, 0) is 14.9 Å². The lowest BCUT2D eigenvalue weighted by Gasteiger charge is -2.44. The Morgan fingerprint density at radius 2 is 2.19 bits per heavy atom. The fourth-order valence-corrected chi connectivity index (χ4v) is 3.53. The van der Waals surface area contributed by atoms with Gasteiger partial charge in [0.25, 0.3) is 0 Å². The van der Waals surface area contributed by atoms with Crippen LogP contribution in [0.5, 0.6) is 0 Å².